The number of nitrogens with two attached hydrogens (primary N) is 1. The number of hydrogen-bond donors (Lipinski definition) is 3. The Morgan fingerprint density at radius 1 is 1.03 bits per heavy atom. The van der Waals surface area contributed by atoms with Gasteiger partial charge < -0.3 is 16.4 Å². The lowest BCUT2D eigenvalue weighted by atomic mass is 10.1. The predicted molar refractivity (Wildman–Crippen MR) is 99.8 cm³/mol. The Labute approximate surface area is 169 Å². The van der Waals surface area contributed by atoms with Gasteiger partial charge in [0.1, 0.15) is 6.04 Å². The lowest BCUT2D eigenvalue weighted by Gasteiger charge is -2.18. The van der Waals surface area contributed by atoms with E-state index in [4.69, 9.17) is 17.3 Å². The highest BCUT2D eigenvalue weighted by atomic mass is 35.5. The maximum atomic E-state index is 12.6. The van der Waals surface area contributed by atoms with Crippen molar-refractivity contribution in [2.75, 3.05) is 0 Å². The van der Waals surface area contributed by atoms with E-state index < -0.39 is 41.9 Å². The van der Waals surface area contributed by atoms with Gasteiger partial charge in [-0.1, -0.05) is 35.9 Å². The zero-order valence-corrected chi connectivity index (χ0v) is 15.7. The molecule has 2 aromatic carbocycles. The fraction of sp³-hybridized carbons (Fsp3) is 0.211. The molecule has 0 bridgehead atoms. The Hall–Kier alpha value is -3.07. The van der Waals surface area contributed by atoms with Gasteiger partial charge in [0.25, 0.3) is 5.91 Å². The molecule has 0 aliphatic rings. The minimum Gasteiger partial charge on any atom is -0.370 e. The summed E-state index contributed by atoms with van der Waals surface area (Å²) in [7, 11) is 0. The summed E-state index contributed by atoms with van der Waals surface area (Å²) in [5.74, 6) is -2.21. The van der Waals surface area contributed by atoms with Gasteiger partial charge in [0.2, 0.25) is 11.8 Å². The lowest BCUT2D eigenvalue weighted by Crippen LogP contribution is -2.48. The molecule has 1 atom stereocenters. The van der Waals surface area contributed by atoms with Gasteiger partial charge in [-0.05, 0) is 29.8 Å². The SMILES string of the molecule is NC(=O)C[C@H](NC(=O)c1ccccc1Cl)C(=O)NCc1ccc(C(F)(F)F)cc1. The Kier molecular flexibility index (Phi) is 7.22. The third-order valence-electron chi connectivity index (χ3n) is 3.89. The number of benzene rings is 2. The Morgan fingerprint density at radius 3 is 2.21 bits per heavy atom. The summed E-state index contributed by atoms with van der Waals surface area (Å²) in [5.41, 5.74) is 4.84. The van der Waals surface area contributed by atoms with Crippen LogP contribution in [0.25, 0.3) is 0 Å². The van der Waals surface area contributed by atoms with Crippen LogP contribution in [0.2, 0.25) is 5.02 Å². The summed E-state index contributed by atoms with van der Waals surface area (Å²) in [4.78, 5) is 36.0. The van der Waals surface area contributed by atoms with Crippen LogP contribution in [0.15, 0.2) is 48.5 Å². The molecule has 154 valence electrons. The Bertz CT molecular complexity index is 902. The first-order valence-corrected chi connectivity index (χ1v) is 8.73. The molecule has 0 saturated carbocycles. The van der Waals surface area contributed by atoms with Crippen molar-refractivity contribution in [3.8, 4) is 0 Å². The summed E-state index contributed by atoms with van der Waals surface area (Å²) in [6.07, 6.45) is -4.92. The van der Waals surface area contributed by atoms with Crippen molar-refractivity contribution < 1.29 is 27.6 Å². The highest BCUT2D eigenvalue weighted by molar-refractivity contribution is 6.33. The number of halogens is 4. The van der Waals surface area contributed by atoms with E-state index >= 15 is 0 Å². The average Bonchev–Trinajstić information content (AvgIpc) is 2.65. The molecule has 0 aromatic heterocycles. The molecule has 2 rings (SSSR count). The molecule has 6 nitrogen and oxygen atoms in total. The van der Waals surface area contributed by atoms with E-state index in [2.05, 4.69) is 10.6 Å². The third-order valence-corrected chi connectivity index (χ3v) is 4.22. The zero-order valence-electron chi connectivity index (χ0n) is 14.9. The maximum absolute atomic E-state index is 12.6. The molecule has 0 spiro atoms. The molecule has 0 heterocycles. The van der Waals surface area contributed by atoms with Crippen LogP contribution in [0.4, 0.5) is 13.2 Å². The fourth-order valence-electron chi connectivity index (χ4n) is 2.42. The number of carbonyl (C=O) groups is 3. The van der Waals surface area contributed by atoms with Crippen molar-refractivity contribution in [1.82, 2.24) is 10.6 Å². The van der Waals surface area contributed by atoms with Crippen molar-refractivity contribution in [2.24, 2.45) is 5.73 Å². The summed E-state index contributed by atoms with van der Waals surface area (Å²) >= 11 is 5.94. The number of alkyl halides is 3. The van der Waals surface area contributed by atoms with Gasteiger partial charge in [0.05, 0.1) is 22.6 Å². The van der Waals surface area contributed by atoms with Gasteiger partial charge in [0.15, 0.2) is 0 Å². The first-order valence-electron chi connectivity index (χ1n) is 8.35. The first kappa shape index (κ1) is 22.2. The van der Waals surface area contributed by atoms with E-state index in [9.17, 15) is 27.6 Å². The Morgan fingerprint density at radius 2 is 1.66 bits per heavy atom. The summed E-state index contributed by atoms with van der Waals surface area (Å²) in [6.45, 7) is -0.103. The molecule has 10 heteroatoms. The van der Waals surface area contributed by atoms with E-state index in [1.54, 1.807) is 12.1 Å². The molecule has 29 heavy (non-hydrogen) atoms. The lowest BCUT2D eigenvalue weighted by molar-refractivity contribution is -0.137. The second kappa shape index (κ2) is 9.42. The number of primary amides is 1. The van der Waals surface area contributed by atoms with Crippen molar-refractivity contribution >= 4 is 29.3 Å². The average molecular weight is 428 g/mol. The van der Waals surface area contributed by atoms with Crippen molar-refractivity contribution in [2.45, 2.75) is 25.2 Å². The van der Waals surface area contributed by atoms with E-state index in [0.717, 1.165) is 12.1 Å². The molecule has 0 radical (unpaired) electrons. The van der Waals surface area contributed by atoms with Crippen LogP contribution in [0, 0.1) is 0 Å². The number of nitrogens with one attached hydrogen (secondary N) is 2. The van der Waals surface area contributed by atoms with Crippen molar-refractivity contribution in [1.29, 1.82) is 0 Å². The first-order chi connectivity index (χ1) is 13.6. The molecule has 2 aromatic rings. The summed E-state index contributed by atoms with van der Waals surface area (Å²) in [5, 5.41) is 5.00. The van der Waals surface area contributed by atoms with Crippen molar-refractivity contribution in [3.63, 3.8) is 0 Å². The normalized spacial score (nSPS) is 12.1. The molecule has 0 aliphatic heterocycles. The van der Waals surface area contributed by atoms with Gasteiger partial charge in [-0.25, -0.2) is 0 Å². The quantitative estimate of drug-likeness (QED) is 0.633. The van der Waals surface area contributed by atoms with Gasteiger partial charge in [-0.2, -0.15) is 13.2 Å². The summed E-state index contributed by atoms with van der Waals surface area (Å²) in [6, 6.07) is 9.08. The minimum absolute atomic E-state index is 0.103. The topological polar surface area (TPSA) is 101 Å². The smallest absolute Gasteiger partial charge is 0.370 e. The molecule has 0 unspecified atom stereocenters. The third kappa shape index (κ3) is 6.49. The predicted octanol–water partition coefficient (Wildman–Crippen LogP) is 2.65. The van der Waals surface area contributed by atoms with Gasteiger partial charge >= 0.3 is 6.18 Å². The van der Waals surface area contributed by atoms with E-state index in [1.807, 2.05) is 0 Å². The second-order valence-electron chi connectivity index (χ2n) is 6.09. The standard InChI is InChI=1S/C19H17ClF3N3O3/c20-14-4-2-1-3-13(14)17(28)26-15(9-16(24)27)18(29)25-10-11-5-7-12(8-6-11)19(21,22)23/h1-8,15H,9-10H2,(H2,24,27)(H,25,29)(H,26,28)/t15-/m0/s1. The van der Waals surface area contributed by atoms with Gasteiger partial charge in [0, 0.05) is 6.54 Å². The monoisotopic (exact) mass is 427 g/mol. The highest BCUT2D eigenvalue weighted by Crippen LogP contribution is 2.29. The molecular weight excluding hydrogens is 411 g/mol. The summed E-state index contributed by atoms with van der Waals surface area (Å²) < 4.78 is 37.8. The van der Waals surface area contributed by atoms with E-state index in [-0.39, 0.29) is 17.1 Å². The molecule has 0 aliphatic carbocycles. The fourth-order valence-corrected chi connectivity index (χ4v) is 2.64. The van der Waals surface area contributed by atoms with E-state index in [1.165, 1.54) is 24.3 Å². The van der Waals surface area contributed by atoms with E-state index in [0.29, 0.717) is 5.56 Å². The Balaban J connectivity index is 2.04. The van der Waals surface area contributed by atoms with Crippen LogP contribution in [-0.2, 0) is 22.3 Å². The number of carbonyl (C=O) groups excluding carboxylic acids is 3. The molecule has 4 N–H and O–H groups in total. The minimum atomic E-state index is -4.46. The van der Waals surface area contributed by atoms with Gasteiger partial charge in [-0.15, -0.1) is 0 Å². The molecular formula is C19H17ClF3N3O3. The molecule has 0 fully saturated rings. The van der Waals surface area contributed by atoms with Crippen molar-refractivity contribution in [3.05, 3.63) is 70.2 Å². The number of amides is 3. The van der Waals surface area contributed by atoms with Gasteiger partial charge in [-0.3, -0.25) is 14.4 Å². The van der Waals surface area contributed by atoms with Crippen LogP contribution in [0.1, 0.15) is 27.9 Å². The maximum Gasteiger partial charge on any atom is 0.416 e. The van der Waals surface area contributed by atoms with Crippen LogP contribution in [0.5, 0.6) is 0 Å². The van der Waals surface area contributed by atoms with Crippen LogP contribution >= 0.6 is 11.6 Å². The zero-order chi connectivity index (χ0) is 21.6. The largest absolute Gasteiger partial charge is 0.416 e. The van der Waals surface area contributed by atoms with Crippen LogP contribution in [-0.4, -0.2) is 23.8 Å². The van der Waals surface area contributed by atoms with Crippen LogP contribution < -0.4 is 16.4 Å². The molecule has 0 saturated heterocycles. The highest BCUT2D eigenvalue weighted by Gasteiger charge is 2.30. The number of hydrogen-bond acceptors (Lipinski definition) is 3. The number of rotatable bonds is 7. The van der Waals surface area contributed by atoms with Crippen LogP contribution in [0.3, 0.4) is 0 Å². The molecule has 3 amide bonds. The second-order valence-corrected chi connectivity index (χ2v) is 6.50.